The largest absolute Gasteiger partial charge is 0.455 e. The quantitative estimate of drug-likeness (QED) is 0.150. The standard InChI is InChI=1S/C60H39NO/c1-2-16-42(17-3-1)49-22-8-9-23-50(49)45-20-14-21-48(38-45)61(47-33-31-41(32-34-47)44-30-29-40-15-4-5-18-43(40)37-44)57-36-35-54(60-59(57)55-27-12-13-28-58(55)62-60)56-39-46-19-6-7-24-51(46)52-25-10-11-26-53(52)56/h1-39H. The van der Waals surface area contributed by atoms with Crippen molar-refractivity contribution in [3.63, 3.8) is 0 Å². The molecule has 12 aromatic rings. The fourth-order valence-electron chi connectivity index (χ4n) is 9.50. The van der Waals surface area contributed by atoms with Crippen LogP contribution in [0.2, 0.25) is 0 Å². The summed E-state index contributed by atoms with van der Waals surface area (Å²) < 4.78 is 7.00. The molecular formula is C60H39NO. The van der Waals surface area contributed by atoms with Crippen LogP contribution in [0.15, 0.2) is 241 Å². The van der Waals surface area contributed by atoms with Crippen LogP contribution >= 0.6 is 0 Å². The van der Waals surface area contributed by atoms with Gasteiger partial charge < -0.3 is 9.32 Å². The third-order valence-electron chi connectivity index (χ3n) is 12.4. The van der Waals surface area contributed by atoms with E-state index in [1.54, 1.807) is 0 Å². The maximum Gasteiger partial charge on any atom is 0.145 e. The molecule has 2 heteroatoms. The molecule has 0 saturated carbocycles. The second kappa shape index (κ2) is 14.8. The summed E-state index contributed by atoms with van der Waals surface area (Å²) in [6.45, 7) is 0. The van der Waals surface area contributed by atoms with Crippen LogP contribution in [0, 0.1) is 0 Å². The lowest BCUT2D eigenvalue weighted by Gasteiger charge is -2.27. The van der Waals surface area contributed by atoms with Crippen molar-refractivity contribution in [2.24, 2.45) is 0 Å². The van der Waals surface area contributed by atoms with Gasteiger partial charge >= 0.3 is 0 Å². The van der Waals surface area contributed by atoms with E-state index in [0.717, 1.165) is 55.7 Å². The Balaban J connectivity index is 1.09. The number of rotatable bonds is 7. The van der Waals surface area contributed by atoms with Gasteiger partial charge in [0.05, 0.1) is 11.1 Å². The first-order valence-corrected chi connectivity index (χ1v) is 21.2. The Morgan fingerprint density at radius 3 is 1.74 bits per heavy atom. The van der Waals surface area contributed by atoms with Crippen LogP contribution in [0.25, 0.3) is 98.8 Å². The van der Waals surface area contributed by atoms with E-state index in [4.69, 9.17) is 4.42 Å². The molecule has 0 aliphatic heterocycles. The molecule has 0 bridgehead atoms. The molecule has 0 amide bonds. The number of para-hydroxylation sites is 1. The molecule has 2 nitrogen and oxygen atoms in total. The Labute approximate surface area is 360 Å². The zero-order chi connectivity index (χ0) is 41.0. The van der Waals surface area contributed by atoms with Gasteiger partial charge in [-0.2, -0.15) is 0 Å². The second-order valence-corrected chi connectivity index (χ2v) is 16.0. The highest BCUT2D eigenvalue weighted by atomic mass is 16.3. The van der Waals surface area contributed by atoms with E-state index in [1.165, 1.54) is 60.1 Å². The number of fused-ring (bicyclic) bond motifs is 7. The molecule has 0 saturated heterocycles. The molecule has 290 valence electrons. The fraction of sp³-hybridized carbons (Fsp3) is 0. The molecule has 0 atom stereocenters. The lowest BCUT2D eigenvalue weighted by molar-refractivity contribution is 0.670. The molecule has 11 aromatic carbocycles. The van der Waals surface area contributed by atoms with E-state index in [1.807, 2.05) is 0 Å². The molecule has 12 rings (SSSR count). The van der Waals surface area contributed by atoms with Gasteiger partial charge in [-0.15, -0.1) is 0 Å². The van der Waals surface area contributed by atoms with Crippen molar-refractivity contribution in [1.82, 2.24) is 0 Å². The maximum absolute atomic E-state index is 7.00. The van der Waals surface area contributed by atoms with Crippen molar-refractivity contribution in [3.8, 4) is 44.5 Å². The lowest BCUT2D eigenvalue weighted by Crippen LogP contribution is -2.10. The molecule has 0 N–H and O–H groups in total. The van der Waals surface area contributed by atoms with E-state index >= 15 is 0 Å². The fourth-order valence-corrected chi connectivity index (χ4v) is 9.50. The maximum atomic E-state index is 7.00. The number of nitrogens with zero attached hydrogens (tertiary/aromatic N) is 1. The molecule has 1 aromatic heterocycles. The van der Waals surface area contributed by atoms with E-state index in [-0.39, 0.29) is 0 Å². The van der Waals surface area contributed by atoms with Crippen LogP contribution in [0.1, 0.15) is 0 Å². The summed E-state index contributed by atoms with van der Waals surface area (Å²) in [5, 5.41) is 9.51. The third kappa shape index (κ3) is 6.04. The summed E-state index contributed by atoms with van der Waals surface area (Å²) >= 11 is 0. The van der Waals surface area contributed by atoms with Crippen molar-refractivity contribution in [2.75, 3.05) is 4.90 Å². The van der Waals surface area contributed by atoms with Crippen LogP contribution in [-0.2, 0) is 0 Å². The monoisotopic (exact) mass is 789 g/mol. The molecule has 0 aliphatic rings. The topological polar surface area (TPSA) is 16.4 Å². The van der Waals surface area contributed by atoms with Gasteiger partial charge in [-0.1, -0.05) is 182 Å². The van der Waals surface area contributed by atoms with Gasteiger partial charge in [0.2, 0.25) is 0 Å². The molecule has 0 spiro atoms. The summed E-state index contributed by atoms with van der Waals surface area (Å²) in [5.74, 6) is 0. The minimum Gasteiger partial charge on any atom is -0.455 e. The van der Waals surface area contributed by atoms with Crippen molar-refractivity contribution in [3.05, 3.63) is 237 Å². The predicted octanol–water partition coefficient (Wildman–Crippen LogP) is 17.2. The van der Waals surface area contributed by atoms with Crippen molar-refractivity contribution < 1.29 is 4.42 Å². The van der Waals surface area contributed by atoms with Crippen molar-refractivity contribution in [2.45, 2.75) is 0 Å². The van der Waals surface area contributed by atoms with E-state index in [9.17, 15) is 0 Å². The SMILES string of the molecule is c1ccc(-c2ccccc2-c2cccc(N(c3ccc(-c4ccc5ccccc5c4)cc3)c3ccc(-c4cc5ccccc5c5ccccc45)c4oc5ccccc5c34)c2)cc1. The van der Waals surface area contributed by atoms with Crippen molar-refractivity contribution in [1.29, 1.82) is 0 Å². The number of hydrogen-bond acceptors (Lipinski definition) is 2. The van der Waals surface area contributed by atoms with Crippen LogP contribution in [-0.4, -0.2) is 0 Å². The molecule has 0 unspecified atom stereocenters. The summed E-state index contributed by atoms with van der Waals surface area (Å²) in [7, 11) is 0. The van der Waals surface area contributed by atoms with Gasteiger partial charge in [0, 0.05) is 22.3 Å². The van der Waals surface area contributed by atoms with Gasteiger partial charge in [0.25, 0.3) is 0 Å². The number of anilines is 3. The normalized spacial score (nSPS) is 11.5. The van der Waals surface area contributed by atoms with Crippen LogP contribution in [0.4, 0.5) is 17.1 Å². The van der Waals surface area contributed by atoms with E-state index in [2.05, 4.69) is 241 Å². The Morgan fingerprint density at radius 2 is 0.919 bits per heavy atom. The molecule has 0 fully saturated rings. The first kappa shape index (κ1) is 35.7. The molecule has 0 aliphatic carbocycles. The van der Waals surface area contributed by atoms with E-state index in [0.29, 0.717) is 0 Å². The zero-order valence-corrected chi connectivity index (χ0v) is 33.9. The smallest absolute Gasteiger partial charge is 0.145 e. The average Bonchev–Trinajstić information content (AvgIpc) is 3.75. The summed E-state index contributed by atoms with van der Waals surface area (Å²) in [6, 6.07) is 85.4. The minimum atomic E-state index is 0.860. The van der Waals surface area contributed by atoms with Crippen LogP contribution in [0.3, 0.4) is 0 Å². The van der Waals surface area contributed by atoms with Gasteiger partial charge in [-0.05, 0) is 126 Å². The molecular weight excluding hydrogens is 751 g/mol. The summed E-state index contributed by atoms with van der Waals surface area (Å²) in [5.41, 5.74) is 14.2. The Hall–Kier alpha value is -8.20. The van der Waals surface area contributed by atoms with Gasteiger partial charge in [0.15, 0.2) is 0 Å². The highest BCUT2D eigenvalue weighted by molar-refractivity contribution is 6.21. The Bertz CT molecular complexity index is 3640. The average molecular weight is 790 g/mol. The third-order valence-corrected chi connectivity index (χ3v) is 12.4. The minimum absolute atomic E-state index is 0.860. The van der Waals surface area contributed by atoms with Crippen LogP contribution in [0.5, 0.6) is 0 Å². The Morgan fingerprint density at radius 1 is 0.290 bits per heavy atom. The van der Waals surface area contributed by atoms with Gasteiger partial charge in [-0.3, -0.25) is 0 Å². The van der Waals surface area contributed by atoms with Gasteiger partial charge in [0.1, 0.15) is 11.2 Å². The summed E-state index contributed by atoms with van der Waals surface area (Å²) in [6.07, 6.45) is 0. The molecule has 62 heavy (non-hydrogen) atoms. The number of hydrogen-bond donors (Lipinski definition) is 0. The second-order valence-electron chi connectivity index (χ2n) is 16.0. The van der Waals surface area contributed by atoms with Crippen molar-refractivity contribution >= 4 is 71.3 Å². The first-order valence-electron chi connectivity index (χ1n) is 21.2. The first-order chi connectivity index (χ1) is 30.7. The number of benzene rings is 11. The molecule has 0 radical (unpaired) electrons. The lowest BCUT2D eigenvalue weighted by atomic mass is 9.91. The highest BCUT2D eigenvalue weighted by Crippen LogP contribution is 2.48. The summed E-state index contributed by atoms with van der Waals surface area (Å²) in [4.78, 5) is 2.41. The zero-order valence-electron chi connectivity index (χ0n) is 33.9. The van der Waals surface area contributed by atoms with Crippen LogP contribution < -0.4 is 4.90 Å². The highest BCUT2D eigenvalue weighted by Gasteiger charge is 2.24. The van der Waals surface area contributed by atoms with E-state index < -0.39 is 0 Å². The molecule has 1 heterocycles. The van der Waals surface area contributed by atoms with Gasteiger partial charge in [-0.25, -0.2) is 0 Å². The predicted molar refractivity (Wildman–Crippen MR) is 263 cm³/mol. The Kier molecular flexibility index (Phi) is 8.53. The number of furan rings is 1.